The molecule has 19 heavy (non-hydrogen) atoms. The number of benzene rings is 1. The number of aromatic nitrogens is 1. The van der Waals surface area contributed by atoms with Crippen LogP contribution in [0.5, 0.6) is 0 Å². The highest BCUT2D eigenvalue weighted by Gasteiger charge is 2.11. The highest BCUT2D eigenvalue weighted by Crippen LogP contribution is 2.18. The maximum atomic E-state index is 11.9. The minimum atomic E-state index is 0.131. The average Bonchev–Trinajstić information content (AvgIpc) is 2.79. The summed E-state index contributed by atoms with van der Waals surface area (Å²) in [4.78, 5) is 15.1. The van der Waals surface area contributed by atoms with Gasteiger partial charge in [-0.2, -0.15) is 0 Å². The molecule has 0 aliphatic rings. The molecule has 2 rings (SSSR count). The van der Waals surface area contributed by atoms with E-state index < -0.39 is 0 Å². The van der Waals surface area contributed by atoms with Crippen LogP contribution in [0, 0.1) is 5.92 Å². The van der Waals surface area contributed by atoms with E-state index in [1.165, 1.54) is 10.9 Å². The Hall–Kier alpha value is -1.77. The van der Waals surface area contributed by atoms with Crippen LogP contribution in [0.15, 0.2) is 30.5 Å². The minimum absolute atomic E-state index is 0.131. The number of amides is 1. The molecule has 0 spiro atoms. The highest BCUT2D eigenvalue weighted by atomic mass is 16.1. The van der Waals surface area contributed by atoms with Gasteiger partial charge in [-0.15, -0.1) is 0 Å². The molecule has 0 saturated heterocycles. The van der Waals surface area contributed by atoms with Gasteiger partial charge in [-0.1, -0.05) is 32.0 Å². The zero-order valence-corrected chi connectivity index (χ0v) is 11.9. The van der Waals surface area contributed by atoms with Crippen molar-refractivity contribution in [1.29, 1.82) is 0 Å². The van der Waals surface area contributed by atoms with Crippen molar-refractivity contribution in [2.45, 2.75) is 39.7 Å². The van der Waals surface area contributed by atoms with Crippen LogP contribution in [-0.2, 0) is 11.2 Å². The summed E-state index contributed by atoms with van der Waals surface area (Å²) < 4.78 is 0. The second kappa shape index (κ2) is 5.91. The normalized spacial score (nSPS) is 12.8. The van der Waals surface area contributed by atoms with E-state index >= 15 is 0 Å². The largest absolute Gasteiger partial charge is 0.361 e. The molecule has 0 radical (unpaired) electrons. The van der Waals surface area contributed by atoms with Gasteiger partial charge in [-0.25, -0.2) is 0 Å². The summed E-state index contributed by atoms with van der Waals surface area (Å²) in [5.74, 6) is 0.600. The maximum absolute atomic E-state index is 11.9. The minimum Gasteiger partial charge on any atom is -0.361 e. The monoisotopic (exact) mass is 258 g/mol. The van der Waals surface area contributed by atoms with Gasteiger partial charge in [0.15, 0.2) is 0 Å². The van der Waals surface area contributed by atoms with E-state index in [4.69, 9.17) is 0 Å². The zero-order valence-electron chi connectivity index (χ0n) is 11.9. The van der Waals surface area contributed by atoms with Crippen molar-refractivity contribution in [3.63, 3.8) is 0 Å². The molecule has 2 N–H and O–H groups in total. The first-order valence-electron chi connectivity index (χ1n) is 6.92. The number of nitrogens with one attached hydrogen (secondary N) is 2. The molecule has 0 fully saturated rings. The Morgan fingerprint density at radius 1 is 1.26 bits per heavy atom. The van der Waals surface area contributed by atoms with E-state index in [2.05, 4.69) is 36.3 Å². The number of hydrogen-bond acceptors (Lipinski definition) is 1. The van der Waals surface area contributed by atoms with Gasteiger partial charge in [0, 0.05) is 29.6 Å². The van der Waals surface area contributed by atoms with Gasteiger partial charge in [-0.3, -0.25) is 4.79 Å². The summed E-state index contributed by atoms with van der Waals surface area (Å²) in [6.45, 7) is 6.28. The molecular weight excluding hydrogens is 236 g/mol. The summed E-state index contributed by atoms with van der Waals surface area (Å²) in [7, 11) is 0. The van der Waals surface area contributed by atoms with E-state index in [0.717, 1.165) is 11.9 Å². The van der Waals surface area contributed by atoms with E-state index in [-0.39, 0.29) is 11.9 Å². The quantitative estimate of drug-likeness (QED) is 0.849. The van der Waals surface area contributed by atoms with Crippen molar-refractivity contribution in [2.75, 3.05) is 0 Å². The summed E-state index contributed by atoms with van der Waals surface area (Å²) >= 11 is 0. The van der Waals surface area contributed by atoms with Crippen LogP contribution in [0.3, 0.4) is 0 Å². The Kier molecular flexibility index (Phi) is 4.25. The van der Waals surface area contributed by atoms with E-state index in [0.29, 0.717) is 12.3 Å². The van der Waals surface area contributed by atoms with Crippen molar-refractivity contribution >= 4 is 16.8 Å². The molecule has 3 heteroatoms. The van der Waals surface area contributed by atoms with E-state index in [1.54, 1.807) is 0 Å². The number of aromatic amines is 1. The lowest BCUT2D eigenvalue weighted by Crippen LogP contribution is -2.36. The summed E-state index contributed by atoms with van der Waals surface area (Å²) in [5.41, 5.74) is 2.34. The van der Waals surface area contributed by atoms with Crippen molar-refractivity contribution in [3.05, 3.63) is 36.0 Å². The van der Waals surface area contributed by atoms with Crippen LogP contribution >= 0.6 is 0 Å². The SMILES string of the molecule is CC(C)[C@H](C)NC(=O)CCc1c[nH]c2ccccc12. The molecule has 1 heterocycles. The molecule has 2 aromatic rings. The Labute approximate surface area is 114 Å². The third-order valence-electron chi connectivity index (χ3n) is 3.68. The molecule has 0 unspecified atom stereocenters. The van der Waals surface area contributed by atoms with E-state index in [9.17, 15) is 4.79 Å². The first-order chi connectivity index (χ1) is 9.08. The number of aryl methyl sites for hydroxylation is 1. The van der Waals surface area contributed by atoms with Crippen LogP contribution in [0.2, 0.25) is 0 Å². The number of carbonyl (C=O) groups is 1. The fourth-order valence-electron chi connectivity index (χ4n) is 2.08. The number of rotatable bonds is 5. The fraction of sp³-hybridized carbons (Fsp3) is 0.438. The predicted molar refractivity (Wildman–Crippen MR) is 79.1 cm³/mol. The second-order valence-electron chi connectivity index (χ2n) is 5.46. The van der Waals surface area contributed by atoms with Gasteiger partial charge in [-0.05, 0) is 30.9 Å². The molecular formula is C16H22N2O. The Bertz CT molecular complexity index is 557. The van der Waals surface area contributed by atoms with Crippen LogP contribution in [0.4, 0.5) is 0 Å². The first-order valence-corrected chi connectivity index (χ1v) is 6.92. The van der Waals surface area contributed by atoms with Crippen molar-refractivity contribution in [1.82, 2.24) is 10.3 Å². The third kappa shape index (κ3) is 3.37. The lowest BCUT2D eigenvalue weighted by molar-refractivity contribution is -0.121. The lowest BCUT2D eigenvalue weighted by atomic mass is 10.1. The van der Waals surface area contributed by atoms with Crippen LogP contribution in [0.25, 0.3) is 10.9 Å². The molecule has 0 aliphatic heterocycles. The van der Waals surface area contributed by atoms with Crippen LogP contribution in [0.1, 0.15) is 32.8 Å². The molecule has 1 aromatic heterocycles. The van der Waals surface area contributed by atoms with Gasteiger partial charge >= 0.3 is 0 Å². The number of carbonyl (C=O) groups excluding carboxylic acids is 1. The highest BCUT2D eigenvalue weighted by molar-refractivity contribution is 5.84. The number of H-pyrrole nitrogens is 1. The second-order valence-corrected chi connectivity index (χ2v) is 5.46. The standard InChI is InChI=1S/C16H22N2O/c1-11(2)12(3)18-16(19)9-8-13-10-17-15-7-5-4-6-14(13)15/h4-7,10-12,17H,8-9H2,1-3H3,(H,18,19)/t12-/m0/s1. The third-order valence-corrected chi connectivity index (χ3v) is 3.68. The summed E-state index contributed by atoms with van der Waals surface area (Å²) in [6.07, 6.45) is 3.32. The van der Waals surface area contributed by atoms with E-state index in [1.807, 2.05) is 25.3 Å². The molecule has 0 saturated carbocycles. The number of fused-ring (bicyclic) bond motifs is 1. The molecule has 0 aliphatic carbocycles. The van der Waals surface area contributed by atoms with Gasteiger partial charge in [0.1, 0.15) is 0 Å². The Morgan fingerprint density at radius 2 is 2.00 bits per heavy atom. The predicted octanol–water partition coefficient (Wildman–Crippen LogP) is 3.26. The molecule has 1 aromatic carbocycles. The topological polar surface area (TPSA) is 44.9 Å². The molecule has 3 nitrogen and oxygen atoms in total. The summed E-state index contributed by atoms with van der Waals surface area (Å²) in [6, 6.07) is 8.42. The molecule has 0 bridgehead atoms. The Balaban J connectivity index is 1.94. The molecule has 1 atom stereocenters. The average molecular weight is 258 g/mol. The van der Waals surface area contributed by atoms with Gasteiger partial charge in [0.25, 0.3) is 0 Å². The molecule has 1 amide bonds. The maximum Gasteiger partial charge on any atom is 0.220 e. The first kappa shape index (κ1) is 13.7. The zero-order chi connectivity index (χ0) is 13.8. The van der Waals surface area contributed by atoms with Crippen molar-refractivity contribution in [3.8, 4) is 0 Å². The van der Waals surface area contributed by atoms with Gasteiger partial charge in [0.05, 0.1) is 0 Å². The van der Waals surface area contributed by atoms with Gasteiger partial charge < -0.3 is 10.3 Å². The van der Waals surface area contributed by atoms with Crippen LogP contribution in [-0.4, -0.2) is 16.9 Å². The smallest absolute Gasteiger partial charge is 0.220 e. The fourth-order valence-corrected chi connectivity index (χ4v) is 2.08. The van der Waals surface area contributed by atoms with Crippen LogP contribution < -0.4 is 5.32 Å². The van der Waals surface area contributed by atoms with Crippen molar-refractivity contribution in [2.24, 2.45) is 5.92 Å². The van der Waals surface area contributed by atoms with Gasteiger partial charge in [0.2, 0.25) is 5.91 Å². The Morgan fingerprint density at radius 3 is 2.74 bits per heavy atom. The summed E-state index contributed by atoms with van der Waals surface area (Å²) in [5, 5.41) is 4.26. The van der Waals surface area contributed by atoms with Crippen molar-refractivity contribution < 1.29 is 4.79 Å². The number of hydrogen-bond donors (Lipinski definition) is 2. The number of para-hydroxylation sites is 1. The molecule has 102 valence electrons. The lowest BCUT2D eigenvalue weighted by Gasteiger charge is -2.17.